The van der Waals surface area contributed by atoms with Gasteiger partial charge in [-0.15, -0.1) is 0 Å². The van der Waals surface area contributed by atoms with Gasteiger partial charge in [0, 0.05) is 13.0 Å². The van der Waals surface area contributed by atoms with E-state index in [1.807, 2.05) is 31.2 Å². The molecule has 0 aliphatic carbocycles. The molecule has 94 valence electrons. The normalized spacial score (nSPS) is 10.0. The maximum Gasteiger partial charge on any atom is 0.307 e. The first kappa shape index (κ1) is 13.5. The lowest BCUT2D eigenvalue weighted by Gasteiger charge is -2.06. The average Bonchev–Trinajstić information content (AvgIpc) is 2.32. The van der Waals surface area contributed by atoms with Crippen LogP contribution in [-0.4, -0.2) is 25.7 Å². The molecular formula is C13H19NO3. The van der Waals surface area contributed by atoms with E-state index in [0.717, 1.165) is 11.3 Å². The van der Waals surface area contributed by atoms with Crippen molar-refractivity contribution in [2.75, 3.05) is 19.8 Å². The van der Waals surface area contributed by atoms with E-state index in [9.17, 15) is 4.79 Å². The fourth-order valence-electron chi connectivity index (χ4n) is 1.39. The van der Waals surface area contributed by atoms with Crippen LogP contribution in [0.2, 0.25) is 0 Å². The van der Waals surface area contributed by atoms with Crippen LogP contribution in [0.25, 0.3) is 0 Å². The number of rotatable bonds is 7. The number of benzene rings is 1. The second kappa shape index (κ2) is 7.68. The molecule has 2 N–H and O–H groups in total. The summed E-state index contributed by atoms with van der Waals surface area (Å²) in [7, 11) is 0. The van der Waals surface area contributed by atoms with Gasteiger partial charge in [0.2, 0.25) is 0 Å². The molecular weight excluding hydrogens is 218 g/mol. The zero-order valence-corrected chi connectivity index (χ0v) is 10.1. The Balaban J connectivity index is 2.29. The number of esters is 1. The summed E-state index contributed by atoms with van der Waals surface area (Å²) >= 11 is 0. The smallest absolute Gasteiger partial charge is 0.307 e. The van der Waals surface area contributed by atoms with Gasteiger partial charge >= 0.3 is 5.97 Å². The first-order valence-electron chi connectivity index (χ1n) is 5.83. The summed E-state index contributed by atoms with van der Waals surface area (Å²) in [6.07, 6.45) is 0.992. The topological polar surface area (TPSA) is 61.5 Å². The lowest BCUT2D eigenvalue weighted by Crippen LogP contribution is -2.12. The van der Waals surface area contributed by atoms with Crippen LogP contribution in [0.15, 0.2) is 24.3 Å². The second-order valence-corrected chi connectivity index (χ2v) is 3.59. The molecule has 0 radical (unpaired) electrons. The molecule has 1 aromatic rings. The summed E-state index contributed by atoms with van der Waals surface area (Å²) in [5.41, 5.74) is 6.36. The highest BCUT2D eigenvalue weighted by atomic mass is 16.5. The standard InChI is InChI=1S/C13H19NO3/c1-2-16-12-5-3-11(4-6-12)8-10-17-13(15)7-9-14/h3-6H,2,7-10,14H2,1H3. The zero-order valence-electron chi connectivity index (χ0n) is 10.1. The molecule has 0 aliphatic heterocycles. The van der Waals surface area contributed by atoms with E-state index in [2.05, 4.69) is 0 Å². The molecule has 0 bridgehead atoms. The van der Waals surface area contributed by atoms with Gasteiger partial charge in [0.25, 0.3) is 0 Å². The van der Waals surface area contributed by atoms with Crippen molar-refractivity contribution in [3.63, 3.8) is 0 Å². The Hall–Kier alpha value is -1.55. The molecule has 1 aromatic carbocycles. The summed E-state index contributed by atoms with van der Waals surface area (Å²) in [6, 6.07) is 7.78. The summed E-state index contributed by atoms with van der Waals surface area (Å²) in [5.74, 6) is 0.620. The quantitative estimate of drug-likeness (QED) is 0.730. The zero-order chi connectivity index (χ0) is 12.5. The van der Waals surface area contributed by atoms with E-state index in [0.29, 0.717) is 26.2 Å². The molecule has 1 rings (SSSR count). The van der Waals surface area contributed by atoms with Crippen LogP contribution in [0.1, 0.15) is 18.9 Å². The van der Waals surface area contributed by atoms with Crippen molar-refractivity contribution < 1.29 is 14.3 Å². The van der Waals surface area contributed by atoms with E-state index in [4.69, 9.17) is 15.2 Å². The molecule has 0 saturated carbocycles. The summed E-state index contributed by atoms with van der Waals surface area (Å²) in [4.78, 5) is 11.1. The lowest BCUT2D eigenvalue weighted by atomic mass is 10.1. The van der Waals surface area contributed by atoms with E-state index in [1.165, 1.54) is 0 Å². The molecule has 0 amide bonds. The van der Waals surface area contributed by atoms with Crippen LogP contribution in [-0.2, 0) is 16.0 Å². The fourth-order valence-corrected chi connectivity index (χ4v) is 1.39. The van der Waals surface area contributed by atoms with Crippen molar-refractivity contribution >= 4 is 5.97 Å². The SMILES string of the molecule is CCOc1ccc(CCOC(=O)CCN)cc1. The minimum Gasteiger partial charge on any atom is -0.494 e. The Labute approximate surface area is 102 Å². The van der Waals surface area contributed by atoms with Gasteiger partial charge in [0.1, 0.15) is 5.75 Å². The largest absolute Gasteiger partial charge is 0.494 e. The first-order chi connectivity index (χ1) is 8.26. The van der Waals surface area contributed by atoms with Crippen LogP contribution < -0.4 is 10.5 Å². The molecule has 0 aromatic heterocycles. The van der Waals surface area contributed by atoms with Gasteiger partial charge < -0.3 is 15.2 Å². The van der Waals surface area contributed by atoms with Crippen LogP contribution >= 0.6 is 0 Å². The molecule has 4 nitrogen and oxygen atoms in total. The predicted octanol–water partition coefficient (Wildman–Crippen LogP) is 1.52. The van der Waals surface area contributed by atoms with Gasteiger partial charge in [0.05, 0.1) is 19.6 Å². The highest BCUT2D eigenvalue weighted by Gasteiger charge is 2.01. The molecule has 0 atom stereocenters. The molecule has 0 aliphatic rings. The van der Waals surface area contributed by atoms with Gasteiger partial charge in [-0.05, 0) is 24.6 Å². The van der Waals surface area contributed by atoms with Crippen LogP contribution in [0, 0.1) is 0 Å². The van der Waals surface area contributed by atoms with E-state index >= 15 is 0 Å². The third-order valence-electron chi connectivity index (χ3n) is 2.24. The number of nitrogens with two attached hydrogens (primary N) is 1. The summed E-state index contributed by atoms with van der Waals surface area (Å²) < 4.78 is 10.4. The number of ether oxygens (including phenoxy) is 2. The highest BCUT2D eigenvalue weighted by Crippen LogP contribution is 2.12. The Morgan fingerprint density at radius 2 is 2.00 bits per heavy atom. The maximum atomic E-state index is 11.1. The van der Waals surface area contributed by atoms with Gasteiger partial charge in [-0.1, -0.05) is 12.1 Å². The van der Waals surface area contributed by atoms with Crippen LogP contribution in [0.5, 0.6) is 5.75 Å². The predicted molar refractivity (Wildman–Crippen MR) is 65.9 cm³/mol. The monoisotopic (exact) mass is 237 g/mol. The lowest BCUT2D eigenvalue weighted by molar-refractivity contribution is -0.143. The Kier molecular flexibility index (Phi) is 6.10. The van der Waals surface area contributed by atoms with Crippen molar-refractivity contribution in [1.82, 2.24) is 0 Å². The number of carbonyl (C=O) groups is 1. The molecule has 4 heteroatoms. The van der Waals surface area contributed by atoms with Crippen molar-refractivity contribution in [3.8, 4) is 5.75 Å². The highest BCUT2D eigenvalue weighted by molar-refractivity contribution is 5.69. The van der Waals surface area contributed by atoms with Crippen molar-refractivity contribution in [2.24, 2.45) is 5.73 Å². The minimum absolute atomic E-state index is 0.238. The Morgan fingerprint density at radius 1 is 1.29 bits per heavy atom. The minimum atomic E-state index is -0.238. The molecule has 0 saturated heterocycles. The van der Waals surface area contributed by atoms with Crippen molar-refractivity contribution in [1.29, 1.82) is 0 Å². The van der Waals surface area contributed by atoms with E-state index < -0.39 is 0 Å². The number of hydrogen-bond donors (Lipinski definition) is 1. The van der Waals surface area contributed by atoms with E-state index in [1.54, 1.807) is 0 Å². The number of carbonyl (C=O) groups excluding carboxylic acids is 1. The van der Waals surface area contributed by atoms with E-state index in [-0.39, 0.29) is 12.4 Å². The van der Waals surface area contributed by atoms with Gasteiger partial charge in [-0.25, -0.2) is 0 Å². The molecule has 0 spiro atoms. The molecule has 0 heterocycles. The number of hydrogen-bond acceptors (Lipinski definition) is 4. The van der Waals surface area contributed by atoms with Crippen molar-refractivity contribution in [2.45, 2.75) is 19.8 Å². The third kappa shape index (κ3) is 5.36. The summed E-state index contributed by atoms with van der Waals surface area (Å²) in [5, 5.41) is 0. The van der Waals surface area contributed by atoms with Crippen LogP contribution in [0.3, 0.4) is 0 Å². The second-order valence-electron chi connectivity index (χ2n) is 3.59. The van der Waals surface area contributed by atoms with Crippen molar-refractivity contribution in [3.05, 3.63) is 29.8 Å². The maximum absolute atomic E-state index is 11.1. The fraction of sp³-hybridized carbons (Fsp3) is 0.462. The van der Waals surface area contributed by atoms with Gasteiger partial charge in [-0.2, -0.15) is 0 Å². The molecule has 0 unspecified atom stereocenters. The third-order valence-corrected chi connectivity index (χ3v) is 2.24. The Bertz CT molecular complexity index is 335. The molecule has 0 fully saturated rings. The van der Waals surface area contributed by atoms with Gasteiger partial charge in [-0.3, -0.25) is 4.79 Å². The van der Waals surface area contributed by atoms with Crippen LogP contribution in [0.4, 0.5) is 0 Å². The average molecular weight is 237 g/mol. The first-order valence-corrected chi connectivity index (χ1v) is 5.83. The van der Waals surface area contributed by atoms with Gasteiger partial charge in [0.15, 0.2) is 0 Å². The summed E-state index contributed by atoms with van der Waals surface area (Å²) in [6.45, 7) is 3.34. The molecule has 17 heavy (non-hydrogen) atoms. The Morgan fingerprint density at radius 3 is 2.59 bits per heavy atom.